The fraction of sp³-hybridized carbons (Fsp3) is 0.452. The Kier molecular flexibility index (Phi) is 8.13. The largest absolute Gasteiger partial charge is 0.507 e. The third kappa shape index (κ3) is 5.20. The first-order valence-corrected chi connectivity index (χ1v) is 14.2. The van der Waals surface area contributed by atoms with Crippen molar-refractivity contribution in [1.82, 2.24) is 10.2 Å². The van der Waals surface area contributed by atoms with E-state index in [1.807, 2.05) is 0 Å². The number of benzene rings is 2. The first kappa shape index (κ1) is 32.3. The number of phenolic OH excluding ortho intramolecular Hbond substituents is 1. The van der Waals surface area contributed by atoms with Crippen molar-refractivity contribution in [3.8, 4) is 22.6 Å². The Morgan fingerprint density at radius 2 is 1.80 bits per heavy atom. The highest BCUT2D eigenvalue weighted by Gasteiger charge is 2.69. The van der Waals surface area contributed by atoms with Gasteiger partial charge in [-0.15, -0.1) is 0 Å². The minimum atomic E-state index is -4.41. The van der Waals surface area contributed by atoms with Crippen LogP contribution in [0, 0.1) is 23.7 Å². The van der Waals surface area contributed by atoms with Crippen LogP contribution in [0.1, 0.15) is 27.9 Å². The molecule has 0 heterocycles. The number of carbonyl (C=O) groups is 5. The van der Waals surface area contributed by atoms with E-state index in [1.165, 1.54) is 38.2 Å². The second-order valence-electron chi connectivity index (χ2n) is 12.0. The minimum absolute atomic E-state index is 0.00920. The number of alkyl halides is 3. The number of phenols is 1. The van der Waals surface area contributed by atoms with Crippen LogP contribution in [0.25, 0.3) is 11.1 Å². The van der Waals surface area contributed by atoms with Gasteiger partial charge in [0.15, 0.2) is 34.7 Å². The third-order valence-corrected chi connectivity index (χ3v) is 9.15. The number of Topliss-reactive ketones (excluding diaryl/α,β-unsaturated/α-hetero) is 4. The van der Waals surface area contributed by atoms with Crippen molar-refractivity contribution in [2.75, 3.05) is 27.7 Å². The van der Waals surface area contributed by atoms with Crippen molar-refractivity contribution in [2.45, 2.75) is 37.2 Å². The summed E-state index contributed by atoms with van der Waals surface area (Å²) < 4.78 is 43.6. The van der Waals surface area contributed by atoms with Crippen LogP contribution in [-0.2, 0) is 32.1 Å². The molecule has 1 amide bonds. The number of carbonyl (C=O) groups excluding carboxylic acids is 5. The van der Waals surface area contributed by atoms with Gasteiger partial charge >= 0.3 is 6.18 Å². The number of aromatic hydroxyl groups is 1. The molecule has 2 saturated carbocycles. The van der Waals surface area contributed by atoms with E-state index in [0.29, 0.717) is 28.0 Å². The summed E-state index contributed by atoms with van der Waals surface area (Å²) in [5.74, 6) is -11.4. The summed E-state index contributed by atoms with van der Waals surface area (Å²) >= 11 is 0. The molecule has 0 bridgehead atoms. The number of aliphatic hydroxyl groups is 1. The lowest BCUT2D eigenvalue weighted by Gasteiger charge is -2.52. The number of fused-ring (bicyclic) bond motifs is 3. The van der Waals surface area contributed by atoms with Gasteiger partial charge in [-0.2, -0.15) is 13.2 Å². The summed E-state index contributed by atoms with van der Waals surface area (Å²) in [6.45, 7) is -1.34. The van der Waals surface area contributed by atoms with Gasteiger partial charge in [-0.05, 0) is 67.7 Å². The molecule has 6 atom stereocenters. The van der Waals surface area contributed by atoms with E-state index in [1.54, 1.807) is 18.2 Å². The molecule has 2 aromatic carbocycles. The van der Waals surface area contributed by atoms with Crippen molar-refractivity contribution < 1.29 is 52.1 Å². The average Bonchev–Trinajstić information content (AvgIpc) is 2.94. The highest BCUT2D eigenvalue weighted by atomic mass is 19.4. The number of primary amides is 1. The predicted octanol–water partition coefficient (Wildman–Crippen LogP) is 1.19. The number of halogens is 3. The van der Waals surface area contributed by atoms with E-state index in [2.05, 4.69) is 5.32 Å². The molecule has 3 aliphatic rings. The van der Waals surface area contributed by atoms with Crippen LogP contribution >= 0.6 is 0 Å². The first-order chi connectivity index (χ1) is 21.0. The van der Waals surface area contributed by atoms with Crippen molar-refractivity contribution in [1.29, 1.82) is 0 Å². The number of ether oxygens (including phenoxy) is 1. The number of amides is 1. The summed E-state index contributed by atoms with van der Waals surface area (Å²) in [5.41, 5.74) is 3.95. The number of hydrogen-bond acceptors (Lipinski definition) is 10. The Labute approximate surface area is 255 Å². The number of nitrogens with one attached hydrogen (secondary N) is 1. The molecule has 2 aromatic rings. The number of likely N-dealkylation sites (N-methyl/N-ethyl adjacent to an activating group) is 1. The lowest BCUT2D eigenvalue weighted by Crippen LogP contribution is -2.74. The fourth-order valence-corrected chi connectivity index (χ4v) is 7.28. The molecule has 0 aromatic heterocycles. The van der Waals surface area contributed by atoms with Gasteiger partial charge in [-0.25, -0.2) is 0 Å². The monoisotopic (exact) mass is 631 g/mol. The molecule has 14 heteroatoms. The second-order valence-corrected chi connectivity index (χ2v) is 12.0. The van der Waals surface area contributed by atoms with Crippen LogP contribution in [0.3, 0.4) is 0 Å². The number of nitrogens with zero attached hydrogens (tertiary/aromatic N) is 1. The van der Waals surface area contributed by atoms with Gasteiger partial charge < -0.3 is 26.0 Å². The molecule has 240 valence electrons. The topological polar surface area (TPSA) is 176 Å². The molecular weight excluding hydrogens is 599 g/mol. The molecule has 2 unspecified atom stereocenters. The summed E-state index contributed by atoms with van der Waals surface area (Å²) in [6, 6.07) is 6.27. The smallest absolute Gasteiger partial charge is 0.401 e. The Bertz CT molecular complexity index is 1620. The molecule has 0 saturated heterocycles. The van der Waals surface area contributed by atoms with E-state index in [0.717, 1.165) is 0 Å². The van der Waals surface area contributed by atoms with Crippen LogP contribution in [0.2, 0.25) is 0 Å². The third-order valence-electron chi connectivity index (χ3n) is 9.15. The highest BCUT2D eigenvalue weighted by Crippen LogP contribution is 2.52. The Hall–Kier alpha value is -4.14. The van der Waals surface area contributed by atoms with E-state index >= 15 is 0 Å². The second kappa shape index (κ2) is 11.3. The van der Waals surface area contributed by atoms with Crippen LogP contribution in [0.15, 0.2) is 30.3 Å². The van der Waals surface area contributed by atoms with Crippen LogP contribution in [-0.4, -0.2) is 89.7 Å². The van der Waals surface area contributed by atoms with Crippen molar-refractivity contribution in [2.24, 2.45) is 29.4 Å². The summed E-state index contributed by atoms with van der Waals surface area (Å²) in [6.07, 6.45) is -4.53. The lowest BCUT2D eigenvalue weighted by atomic mass is 9.52. The molecule has 2 fully saturated rings. The fourth-order valence-electron chi connectivity index (χ4n) is 7.28. The van der Waals surface area contributed by atoms with E-state index in [9.17, 15) is 47.4 Å². The molecule has 11 nitrogen and oxygen atoms in total. The normalized spacial score (nSPS) is 28.0. The van der Waals surface area contributed by atoms with E-state index < -0.39 is 82.8 Å². The Morgan fingerprint density at radius 3 is 2.40 bits per heavy atom. The van der Waals surface area contributed by atoms with Gasteiger partial charge in [-0.3, -0.25) is 28.9 Å². The van der Waals surface area contributed by atoms with E-state index in [4.69, 9.17) is 10.5 Å². The Morgan fingerprint density at radius 1 is 1.11 bits per heavy atom. The number of nitrogens with two attached hydrogens (primary N) is 1. The van der Waals surface area contributed by atoms with Gasteiger partial charge in [0.05, 0.1) is 31.2 Å². The molecule has 45 heavy (non-hydrogen) atoms. The zero-order valence-electron chi connectivity index (χ0n) is 24.6. The quantitative estimate of drug-likeness (QED) is 0.325. The van der Waals surface area contributed by atoms with Crippen molar-refractivity contribution >= 4 is 29.0 Å². The number of methoxy groups -OCH3 is 1. The summed E-state index contributed by atoms with van der Waals surface area (Å²) in [4.78, 5) is 68.3. The number of ketones is 4. The Balaban J connectivity index is 1.60. The lowest BCUT2D eigenvalue weighted by molar-refractivity contribution is -0.181. The molecule has 5 N–H and O–H groups in total. The first-order valence-electron chi connectivity index (χ1n) is 14.2. The maximum atomic E-state index is 14.0. The number of hydrogen-bond donors (Lipinski definition) is 4. The molecule has 3 aliphatic carbocycles. The summed E-state index contributed by atoms with van der Waals surface area (Å²) in [7, 11) is 4.38. The van der Waals surface area contributed by atoms with Gasteiger partial charge in [0.1, 0.15) is 11.5 Å². The molecule has 0 radical (unpaired) electrons. The average molecular weight is 632 g/mol. The standard InChI is InChI=1S/C31H32F3N3O8/c1-37(2)24-18-10-14-9-17-15(16-8-13(4-7-20(16)45-3)11-36-12-30(32,33)34)5-6-19(38)22(17)25(39)21(14)27(41)31(18,44)28(42)23(26(24)40)29(35)43/h4-8,14,18,21,23-24,36,38,44H,9-12H2,1-3H3,(H2,35,43)/t14-,18-,21?,23?,24-,31-/m0/s1. The van der Waals surface area contributed by atoms with Crippen LogP contribution < -0.4 is 15.8 Å². The molecule has 5 rings (SSSR count). The van der Waals surface area contributed by atoms with Crippen LogP contribution in [0.4, 0.5) is 13.2 Å². The number of rotatable bonds is 7. The molecular formula is C31H32F3N3O8. The predicted molar refractivity (Wildman–Crippen MR) is 151 cm³/mol. The maximum Gasteiger partial charge on any atom is 0.401 e. The van der Waals surface area contributed by atoms with Gasteiger partial charge in [0, 0.05) is 18.0 Å². The zero-order chi connectivity index (χ0) is 33.2. The zero-order valence-corrected chi connectivity index (χ0v) is 24.6. The highest BCUT2D eigenvalue weighted by molar-refractivity contribution is 6.32. The summed E-state index contributed by atoms with van der Waals surface area (Å²) in [5, 5.41) is 24.9. The van der Waals surface area contributed by atoms with Gasteiger partial charge in [0.2, 0.25) is 5.91 Å². The minimum Gasteiger partial charge on any atom is -0.507 e. The van der Waals surface area contributed by atoms with E-state index in [-0.39, 0.29) is 24.9 Å². The van der Waals surface area contributed by atoms with Crippen LogP contribution in [0.5, 0.6) is 11.5 Å². The van der Waals surface area contributed by atoms with Crippen molar-refractivity contribution in [3.63, 3.8) is 0 Å². The van der Waals surface area contributed by atoms with Crippen molar-refractivity contribution in [3.05, 3.63) is 47.0 Å². The molecule has 0 aliphatic heterocycles. The maximum absolute atomic E-state index is 14.0. The molecule has 0 spiro atoms. The SMILES string of the molecule is COc1ccc(CNCC(F)(F)F)cc1-c1ccc(O)c2c1C[C@H]1C[C@H]3[C@H](N(C)C)C(=O)C(C(N)=O)C(=O)[C@@]3(O)C(=O)C1C2=O. The van der Waals surface area contributed by atoms with Gasteiger partial charge in [0.25, 0.3) is 0 Å². The van der Waals surface area contributed by atoms with Gasteiger partial charge in [-0.1, -0.05) is 12.1 Å².